The van der Waals surface area contributed by atoms with Crippen LogP contribution < -0.4 is 15.2 Å². The number of Topliss-reactive ketones (excluding diaryl/α,β-unsaturated/α-hetero) is 1. The van der Waals surface area contributed by atoms with Gasteiger partial charge in [-0.1, -0.05) is 40.2 Å². The molecule has 5 rings (SSSR count). The molecule has 2 bridgehead atoms. The molecule has 2 saturated carbocycles. The molecule has 3 atom stereocenters. The summed E-state index contributed by atoms with van der Waals surface area (Å²) in [7, 11) is -4.50. The van der Waals surface area contributed by atoms with E-state index in [-0.39, 0.29) is 28.9 Å². The first-order valence-corrected chi connectivity index (χ1v) is 15.8. The second-order valence-electron chi connectivity index (χ2n) is 11.3. The summed E-state index contributed by atoms with van der Waals surface area (Å²) in [6.45, 7) is 3.81. The first kappa shape index (κ1) is 29.1. The highest BCUT2D eigenvalue weighted by atomic mass is 79.9. The number of nitrogens with one attached hydrogen (secondary N) is 1. The topological polar surface area (TPSA) is 98.5 Å². The third-order valence-corrected chi connectivity index (χ3v) is 10.0. The van der Waals surface area contributed by atoms with E-state index >= 15 is 8.78 Å². The van der Waals surface area contributed by atoms with Crippen molar-refractivity contribution in [2.75, 3.05) is 0 Å². The Kier molecular flexibility index (Phi) is 8.09. The minimum absolute atomic E-state index is 0.0293. The molecule has 0 aromatic heterocycles. The predicted octanol–water partition coefficient (Wildman–Crippen LogP) is 6.16. The molecule has 0 saturated heterocycles. The molecule has 0 spiro atoms. The minimum Gasteiger partial charge on any atom is -0.491 e. The lowest BCUT2D eigenvalue weighted by Crippen LogP contribution is -2.55. The second-order valence-corrected chi connectivity index (χ2v) is 13.9. The summed E-state index contributed by atoms with van der Waals surface area (Å²) in [5.74, 6) is -4.84. The van der Waals surface area contributed by atoms with Gasteiger partial charge < -0.3 is 10.5 Å². The van der Waals surface area contributed by atoms with E-state index in [0.717, 1.165) is 18.2 Å². The lowest BCUT2D eigenvalue weighted by molar-refractivity contribution is -0.139. The Labute approximate surface area is 241 Å². The van der Waals surface area contributed by atoms with Crippen LogP contribution in [0.4, 0.5) is 8.78 Å². The second kappa shape index (κ2) is 11.1. The van der Waals surface area contributed by atoms with E-state index in [2.05, 4.69) is 20.7 Å². The Morgan fingerprint density at radius 2 is 1.60 bits per heavy atom. The highest BCUT2D eigenvalue weighted by molar-refractivity contribution is 9.10. The Hall–Kier alpha value is -2.40. The molecule has 10 heteroatoms. The van der Waals surface area contributed by atoms with Gasteiger partial charge in [0.2, 0.25) is 10.0 Å². The first-order chi connectivity index (χ1) is 18.8. The molecule has 3 N–H and O–H groups in total. The molecular formula is C30H33BrF2N2O4S. The molecule has 0 radical (unpaired) electrons. The van der Waals surface area contributed by atoms with E-state index < -0.39 is 39.3 Å². The van der Waals surface area contributed by atoms with Gasteiger partial charge in [0, 0.05) is 22.0 Å². The highest BCUT2D eigenvalue weighted by Gasteiger charge is 2.54. The summed E-state index contributed by atoms with van der Waals surface area (Å²) in [5.41, 5.74) is 5.72. The van der Waals surface area contributed by atoms with E-state index in [1.807, 2.05) is 13.8 Å². The van der Waals surface area contributed by atoms with Gasteiger partial charge in [-0.15, -0.1) is 0 Å². The van der Waals surface area contributed by atoms with Crippen molar-refractivity contribution in [1.29, 1.82) is 0 Å². The van der Waals surface area contributed by atoms with Crippen LogP contribution in [0, 0.1) is 17.8 Å². The molecular weight excluding hydrogens is 602 g/mol. The van der Waals surface area contributed by atoms with Gasteiger partial charge in [0.1, 0.15) is 11.8 Å². The molecule has 0 amide bonds. The Balaban J connectivity index is 1.50. The van der Waals surface area contributed by atoms with Crippen LogP contribution >= 0.6 is 15.9 Å². The van der Waals surface area contributed by atoms with Gasteiger partial charge in [-0.2, -0.15) is 13.5 Å². The molecule has 0 heterocycles. The fourth-order valence-corrected chi connectivity index (χ4v) is 7.82. The number of benzene rings is 3. The standard InChI is InChI=1S/C30H33BrF2N2O4S/c1-17(2)39-25-11-5-19-16-26(12-6-18(19)15-25)40(37,38)35-29(30(32,33)22-7-9-23(31)10-8-22)28(36)27-20-3-4-21(27)14-24(34)13-20/h5-12,15-17,20-21,24,27,29,35H,3-4,13-14,34H2,1-2H3. The molecule has 214 valence electrons. The Morgan fingerprint density at radius 3 is 2.23 bits per heavy atom. The Bertz CT molecular complexity index is 1500. The molecule has 3 unspecified atom stereocenters. The van der Waals surface area contributed by atoms with Crippen molar-refractivity contribution < 1.29 is 26.7 Å². The van der Waals surface area contributed by atoms with Crippen molar-refractivity contribution in [1.82, 2.24) is 4.72 Å². The van der Waals surface area contributed by atoms with Crippen molar-refractivity contribution in [3.63, 3.8) is 0 Å². The summed E-state index contributed by atoms with van der Waals surface area (Å²) >= 11 is 3.24. The average molecular weight is 636 g/mol. The van der Waals surface area contributed by atoms with E-state index in [0.29, 0.717) is 28.5 Å². The number of hydrogen-bond acceptors (Lipinski definition) is 5. The predicted molar refractivity (Wildman–Crippen MR) is 154 cm³/mol. The number of halogens is 3. The lowest BCUT2D eigenvalue weighted by atomic mass is 9.72. The number of alkyl halides is 2. The lowest BCUT2D eigenvalue weighted by Gasteiger charge is -2.36. The number of carbonyl (C=O) groups is 1. The number of rotatable bonds is 9. The first-order valence-electron chi connectivity index (χ1n) is 13.5. The molecule has 2 aliphatic carbocycles. The number of ether oxygens (including phenoxy) is 1. The van der Waals surface area contributed by atoms with Crippen LogP contribution in [0.25, 0.3) is 10.8 Å². The fourth-order valence-electron chi connectivity index (χ4n) is 6.32. The van der Waals surface area contributed by atoms with E-state index in [1.165, 1.54) is 36.4 Å². The summed E-state index contributed by atoms with van der Waals surface area (Å²) in [6.07, 6.45) is 2.57. The normalized spacial score (nSPS) is 23.9. The highest BCUT2D eigenvalue weighted by Crippen LogP contribution is 2.49. The van der Waals surface area contributed by atoms with Crippen LogP contribution in [0.1, 0.15) is 45.1 Å². The van der Waals surface area contributed by atoms with Crippen LogP contribution in [-0.4, -0.2) is 32.4 Å². The van der Waals surface area contributed by atoms with Gasteiger partial charge in [0.25, 0.3) is 5.92 Å². The van der Waals surface area contributed by atoms with E-state index in [9.17, 15) is 13.2 Å². The van der Waals surface area contributed by atoms with Crippen molar-refractivity contribution in [2.24, 2.45) is 23.5 Å². The van der Waals surface area contributed by atoms with Crippen molar-refractivity contribution in [2.45, 2.75) is 68.5 Å². The zero-order valence-corrected chi connectivity index (χ0v) is 24.7. The fraction of sp³-hybridized carbons (Fsp3) is 0.433. The van der Waals surface area contributed by atoms with Gasteiger partial charge in [0.05, 0.1) is 11.0 Å². The number of nitrogens with two attached hydrogens (primary N) is 1. The smallest absolute Gasteiger partial charge is 0.296 e. The van der Waals surface area contributed by atoms with Crippen molar-refractivity contribution in [3.8, 4) is 5.75 Å². The minimum atomic E-state index is -4.50. The number of ketones is 1. The summed E-state index contributed by atoms with van der Waals surface area (Å²) in [5, 5.41) is 1.33. The largest absolute Gasteiger partial charge is 0.491 e. The molecule has 3 aromatic rings. The van der Waals surface area contributed by atoms with Crippen LogP contribution in [0.3, 0.4) is 0 Å². The van der Waals surface area contributed by atoms with Crippen LogP contribution in [0.5, 0.6) is 5.75 Å². The van der Waals surface area contributed by atoms with Crippen molar-refractivity contribution >= 4 is 42.5 Å². The number of sulfonamides is 1. The molecule has 6 nitrogen and oxygen atoms in total. The van der Waals surface area contributed by atoms with Gasteiger partial charge in [-0.05, 0) is 98.5 Å². The zero-order chi connectivity index (χ0) is 28.8. The number of fused-ring (bicyclic) bond motifs is 3. The monoisotopic (exact) mass is 634 g/mol. The third kappa shape index (κ3) is 5.82. The summed E-state index contributed by atoms with van der Waals surface area (Å²) in [4.78, 5) is 13.7. The van der Waals surface area contributed by atoms with Gasteiger partial charge in [0.15, 0.2) is 5.78 Å². The molecule has 0 aliphatic heterocycles. The molecule has 2 aliphatic rings. The van der Waals surface area contributed by atoms with E-state index in [4.69, 9.17) is 10.5 Å². The average Bonchev–Trinajstić information content (AvgIpc) is 3.17. The quantitative estimate of drug-likeness (QED) is 0.294. The maximum absolute atomic E-state index is 16.2. The SMILES string of the molecule is CC(C)Oc1ccc2cc(S(=O)(=O)NC(C(=O)C3C4CCC3CC(N)C4)C(F)(F)c3ccc(Br)cc3)ccc2c1. The van der Waals surface area contributed by atoms with E-state index in [1.54, 1.807) is 24.3 Å². The molecule has 2 fully saturated rings. The van der Waals surface area contributed by atoms with Crippen molar-refractivity contribution in [3.05, 3.63) is 70.7 Å². The number of carbonyl (C=O) groups excluding carboxylic acids is 1. The van der Waals surface area contributed by atoms with Crippen LogP contribution in [0.15, 0.2) is 70.0 Å². The third-order valence-electron chi connectivity index (χ3n) is 8.08. The van der Waals surface area contributed by atoms with Gasteiger partial charge >= 0.3 is 0 Å². The maximum atomic E-state index is 16.2. The van der Waals surface area contributed by atoms with Crippen LogP contribution in [0.2, 0.25) is 0 Å². The summed E-state index contributed by atoms with van der Waals surface area (Å²) < 4.78 is 68.0. The molecule has 40 heavy (non-hydrogen) atoms. The Morgan fingerprint density at radius 1 is 1.00 bits per heavy atom. The van der Waals surface area contributed by atoms with Gasteiger partial charge in [-0.25, -0.2) is 8.42 Å². The zero-order valence-electron chi connectivity index (χ0n) is 22.3. The molecule has 3 aromatic carbocycles. The van der Waals surface area contributed by atoms with Crippen LogP contribution in [-0.2, 0) is 20.7 Å². The van der Waals surface area contributed by atoms with Gasteiger partial charge in [-0.3, -0.25) is 4.79 Å². The number of hydrogen-bond donors (Lipinski definition) is 2. The summed E-state index contributed by atoms with van der Waals surface area (Å²) in [6, 6.07) is 12.6. The maximum Gasteiger partial charge on any atom is 0.296 e.